The fourth-order valence-corrected chi connectivity index (χ4v) is 2.94. The summed E-state index contributed by atoms with van der Waals surface area (Å²) in [5.74, 6) is 2.05. The zero-order valence-electron chi connectivity index (χ0n) is 16.6. The number of nitrogens with zero attached hydrogens (tertiary/aromatic N) is 4. The van der Waals surface area contributed by atoms with E-state index in [1.165, 1.54) is 0 Å². The molecule has 4 rings (SSSR count). The molecular formula is C22H21N7O. The Balaban J connectivity index is 1.41. The molecule has 8 heteroatoms. The van der Waals surface area contributed by atoms with Crippen LogP contribution in [0.4, 0.5) is 27.7 Å². The number of aryl methyl sites for hydroxylation is 2. The van der Waals surface area contributed by atoms with Gasteiger partial charge in [0.1, 0.15) is 23.8 Å². The topological polar surface area (TPSA) is 96.8 Å². The highest BCUT2D eigenvalue weighted by molar-refractivity contribution is 5.99. The molecule has 0 unspecified atom stereocenters. The van der Waals surface area contributed by atoms with Crippen molar-refractivity contribution in [3.63, 3.8) is 0 Å². The third-order valence-electron chi connectivity index (χ3n) is 4.28. The molecule has 0 radical (unpaired) electrons. The lowest BCUT2D eigenvalue weighted by molar-refractivity contribution is 0.262. The van der Waals surface area contributed by atoms with E-state index >= 15 is 0 Å². The molecule has 0 saturated heterocycles. The molecule has 0 saturated carbocycles. The Morgan fingerprint density at radius 3 is 2.40 bits per heavy atom. The van der Waals surface area contributed by atoms with Gasteiger partial charge in [-0.2, -0.15) is 0 Å². The monoisotopic (exact) mass is 399 g/mol. The van der Waals surface area contributed by atoms with Gasteiger partial charge in [-0.15, -0.1) is 0 Å². The fourth-order valence-electron chi connectivity index (χ4n) is 2.94. The van der Waals surface area contributed by atoms with E-state index in [4.69, 9.17) is 0 Å². The van der Waals surface area contributed by atoms with E-state index in [9.17, 15) is 4.79 Å². The summed E-state index contributed by atoms with van der Waals surface area (Å²) in [5.41, 5.74) is 3.36. The average Bonchev–Trinajstić information content (AvgIpc) is 3.24. The molecule has 2 aromatic carbocycles. The Kier molecular flexibility index (Phi) is 5.38. The number of benzene rings is 2. The maximum atomic E-state index is 12.2. The smallest absolute Gasteiger partial charge is 0.323 e. The second-order valence-electron chi connectivity index (χ2n) is 6.78. The van der Waals surface area contributed by atoms with Crippen LogP contribution in [0.2, 0.25) is 0 Å². The largest absolute Gasteiger partial charge is 0.340 e. The lowest BCUT2D eigenvalue weighted by Gasteiger charge is -2.11. The molecule has 0 atom stereocenters. The second-order valence-corrected chi connectivity index (χ2v) is 6.78. The number of rotatable bonds is 5. The third kappa shape index (κ3) is 4.79. The van der Waals surface area contributed by atoms with Crippen molar-refractivity contribution in [3.8, 4) is 5.82 Å². The Morgan fingerprint density at radius 2 is 1.67 bits per heavy atom. The van der Waals surface area contributed by atoms with E-state index in [-0.39, 0.29) is 6.03 Å². The van der Waals surface area contributed by atoms with Gasteiger partial charge in [-0.1, -0.05) is 12.1 Å². The highest BCUT2D eigenvalue weighted by atomic mass is 16.2. The van der Waals surface area contributed by atoms with Crippen LogP contribution in [0.15, 0.2) is 73.3 Å². The molecule has 3 N–H and O–H groups in total. The van der Waals surface area contributed by atoms with Gasteiger partial charge in [0.2, 0.25) is 0 Å². The molecule has 0 spiro atoms. The Morgan fingerprint density at radius 1 is 0.900 bits per heavy atom. The predicted octanol–water partition coefficient (Wildman–Crippen LogP) is 4.67. The summed E-state index contributed by atoms with van der Waals surface area (Å²) < 4.78 is 1.82. The number of carbonyl (C=O) groups excluding carboxylic acids is 1. The van der Waals surface area contributed by atoms with Gasteiger partial charge in [-0.05, 0) is 55.8 Å². The molecule has 0 aliphatic carbocycles. The van der Waals surface area contributed by atoms with E-state index in [0.29, 0.717) is 17.3 Å². The van der Waals surface area contributed by atoms with Crippen molar-refractivity contribution in [1.29, 1.82) is 0 Å². The van der Waals surface area contributed by atoms with Gasteiger partial charge in [-0.3, -0.25) is 4.57 Å². The summed E-state index contributed by atoms with van der Waals surface area (Å²) in [6, 6.07) is 16.6. The van der Waals surface area contributed by atoms with Crippen LogP contribution in [0.3, 0.4) is 0 Å². The van der Waals surface area contributed by atoms with Gasteiger partial charge in [0.15, 0.2) is 0 Å². The molecule has 0 fully saturated rings. The first-order valence-corrected chi connectivity index (χ1v) is 9.41. The molecule has 0 aliphatic heterocycles. The molecule has 150 valence electrons. The molecule has 2 aromatic heterocycles. The number of amides is 2. The summed E-state index contributed by atoms with van der Waals surface area (Å²) >= 11 is 0. The van der Waals surface area contributed by atoms with Crippen molar-refractivity contribution in [2.45, 2.75) is 13.8 Å². The standard InChI is InChI=1S/C22H21N7O/c1-15-4-3-5-19(12-15)28-22(30)27-18-8-6-17(7-9-18)26-20-13-21(25-16(2)24-20)29-11-10-23-14-29/h3-14H,1-2H3,(H,24,25,26)(H2,27,28,30). The number of nitrogens with one attached hydrogen (secondary N) is 3. The van der Waals surface area contributed by atoms with Crippen molar-refractivity contribution >= 4 is 28.9 Å². The Hall–Kier alpha value is -4.20. The van der Waals surface area contributed by atoms with Crippen LogP contribution >= 0.6 is 0 Å². The van der Waals surface area contributed by atoms with E-state index in [1.807, 2.05) is 79.2 Å². The van der Waals surface area contributed by atoms with E-state index in [2.05, 4.69) is 30.9 Å². The summed E-state index contributed by atoms with van der Waals surface area (Å²) in [4.78, 5) is 25.1. The van der Waals surface area contributed by atoms with Crippen LogP contribution in [-0.4, -0.2) is 25.6 Å². The second kappa shape index (κ2) is 8.44. The van der Waals surface area contributed by atoms with E-state index < -0.39 is 0 Å². The number of hydrogen-bond donors (Lipinski definition) is 3. The Bertz CT molecular complexity index is 1150. The van der Waals surface area contributed by atoms with Crippen molar-refractivity contribution in [2.75, 3.05) is 16.0 Å². The van der Waals surface area contributed by atoms with Crippen molar-refractivity contribution in [3.05, 3.63) is 84.7 Å². The maximum absolute atomic E-state index is 12.2. The molecule has 2 amide bonds. The quantitative estimate of drug-likeness (QED) is 0.453. The van der Waals surface area contributed by atoms with E-state index in [1.54, 1.807) is 12.5 Å². The zero-order chi connectivity index (χ0) is 20.9. The number of hydrogen-bond acceptors (Lipinski definition) is 5. The highest BCUT2D eigenvalue weighted by Crippen LogP contribution is 2.20. The molecule has 4 aromatic rings. The SMILES string of the molecule is Cc1cccc(NC(=O)Nc2ccc(Nc3cc(-n4ccnc4)nc(C)n3)cc2)c1. The van der Waals surface area contributed by atoms with Crippen LogP contribution in [0.1, 0.15) is 11.4 Å². The molecule has 8 nitrogen and oxygen atoms in total. The van der Waals surface area contributed by atoms with Gasteiger partial charge < -0.3 is 16.0 Å². The summed E-state index contributed by atoms with van der Waals surface area (Å²) in [7, 11) is 0. The molecule has 2 heterocycles. The van der Waals surface area contributed by atoms with Gasteiger partial charge in [0.05, 0.1) is 0 Å². The lowest BCUT2D eigenvalue weighted by Crippen LogP contribution is -2.19. The van der Waals surface area contributed by atoms with Crippen LogP contribution < -0.4 is 16.0 Å². The first kappa shape index (κ1) is 19.1. The normalized spacial score (nSPS) is 10.5. The summed E-state index contributed by atoms with van der Waals surface area (Å²) in [5, 5.41) is 8.91. The van der Waals surface area contributed by atoms with Crippen LogP contribution in [0.5, 0.6) is 0 Å². The molecule has 0 aliphatic rings. The fraction of sp³-hybridized carbons (Fsp3) is 0.0909. The summed E-state index contributed by atoms with van der Waals surface area (Å²) in [6.07, 6.45) is 5.22. The minimum Gasteiger partial charge on any atom is -0.340 e. The minimum absolute atomic E-state index is 0.294. The molecule has 0 bridgehead atoms. The van der Waals surface area contributed by atoms with Crippen molar-refractivity contribution in [1.82, 2.24) is 19.5 Å². The maximum Gasteiger partial charge on any atom is 0.323 e. The highest BCUT2D eigenvalue weighted by Gasteiger charge is 2.06. The molecular weight excluding hydrogens is 378 g/mol. The molecule has 30 heavy (non-hydrogen) atoms. The van der Waals surface area contributed by atoms with Gasteiger partial charge in [0, 0.05) is 35.5 Å². The number of aromatic nitrogens is 4. The van der Waals surface area contributed by atoms with Crippen molar-refractivity contribution in [2.24, 2.45) is 0 Å². The number of imidazole rings is 1. The van der Waals surface area contributed by atoms with Gasteiger partial charge in [0.25, 0.3) is 0 Å². The Labute approximate surface area is 174 Å². The number of anilines is 4. The van der Waals surface area contributed by atoms with Crippen LogP contribution in [0, 0.1) is 13.8 Å². The van der Waals surface area contributed by atoms with Crippen LogP contribution in [0.25, 0.3) is 5.82 Å². The lowest BCUT2D eigenvalue weighted by atomic mass is 10.2. The first-order chi connectivity index (χ1) is 14.5. The van der Waals surface area contributed by atoms with E-state index in [0.717, 1.165) is 22.8 Å². The summed E-state index contributed by atoms with van der Waals surface area (Å²) in [6.45, 7) is 3.82. The van der Waals surface area contributed by atoms with Gasteiger partial charge in [-0.25, -0.2) is 19.7 Å². The number of carbonyl (C=O) groups is 1. The number of urea groups is 1. The average molecular weight is 399 g/mol. The third-order valence-corrected chi connectivity index (χ3v) is 4.28. The first-order valence-electron chi connectivity index (χ1n) is 9.41. The van der Waals surface area contributed by atoms with Gasteiger partial charge >= 0.3 is 6.03 Å². The van der Waals surface area contributed by atoms with Crippen LogP contribution in [-0.2, 0) is 0 Å². The van der Waals surface area contributed by atoms with Crippen molar-refractivity contribution < 1.29 is 4.79 Å². The zero-order valence-corrected chi connectivity index (χ0v) is 16.6. The predicted molar refractivity (Wildman–Crippen MR) is 117 cm³/mol. The minimum atomic E-state index is -0.294.